The maximum atomic E-state index is 11.9. The van der Waals surface area contributed by atoms with E-state index in [1.807, 2.05) is 6.07 Å². The first-order valence-electron chi connectivity index (χ1n) is 11.5. The molecule has 1 saturated heterocycles. The average molecular weight is 516 g/mol. The maximum Gasteiger partial charge on any atom is 0.221 e. The molecular weight excluding hydrogens is 494 g/mol. The zero-order chi connectivity index (χ0) is 25.8. The van der Waals surface area contributed by atoms with E-state index in [2.05, 4.69) is 26.7 Å². The molecular formula is C27H22ClN5O4. The number of carbonyl (C=O) groups is 1. The van der Waals surface area contributed by atoms with E-state index in [9.17, 15) is 10.1 Å². The summed E-state index contributed by atoms with van der Waals surface area (Å²) in [5.41, 5.74) is 2.54. The lowest BCUT2D eigenvalue weighted by atomic mass is 10.1. The van der Waals surface area contributed by atoms with Crippen molar-refractivity contribution in [3.63, 3.8) is 0 Å². The number of nitrogens with zero attached hydrogens (tertiary/aromatic N) is 3. The molecule has 9 nitrogen and oxygen atoms in total. The number of amides is 1. The molecule has 186 valence electrons. The molecule has 5 rings (SSSR count). The van der Waals surface area contributed by atoms with Gasteiger partial charge in [-0.2, -0.15) is 5.26 Å². The lowest BCUT2D eigenvalue weighted by Crippen LogP contribution is -2.17. The number of halogens is 1. The molecule has 2 aromatic heterocycles. The zero-order valence-electron chi connectivity index (χ0n) is 19.8. The number of benzene rings is 2. The minimum Gasteiger partial charge on any atom is -0.486 e. The van der Waals surface area contributed by atoms with Crippen molar-refractivity contribution in [3.8, 4) is 23.4 Å². The van der Waals surface area contributed by atoms with Crippen molar-refractivity contribution in [3.05, 3.63) is 71.5 Å². The molecule has 1 fully saturated rings. The van der Waals surface area contributed by atoms with E-state index in [0.717, 1.165) is 6.42 Å². The summed E-state index contributed by atoms with van der Waals surface area (Å²) in [5, 5.41) is 16.9. The van der Waals surface area contributed by atoms with Crippen LogP contribution in [-0.4, -0.2) is 35.2 Å². The predicted octanol–water partition coefficient (Wildman–Crippen LogP) is 5.82. The van der Waals surface area contributed by atoms with E-state index in [1.165, 1.54) is 13.1 Å². The van der Waals surface area contributed by atoms with Crippen LogP contribution in [0.4, 0.5) is 17.1 Å². The highest BCUT2D eigenvalue weighted by Crippen LogP contribution is 2.38. The van der Waals surface area contributed by atoms with Crippen LogP contribution in [0.3, 0.4) is 0 Å². The Morgan fingerprint density at radius 3 is 2.78 bits per heavy atom. The fourth-order valence-electron chi connectivity index (χ4n) is 3.94. The number of hydrogen-bond donors (Lipinski definition) is 2. The molecule has 1 aliphatic heterocycles. The van der Waals surface area contributed by atoms with Gasteiger partial charge in [-0.05, 0) is 30.3 Å². The molecule has 1 atom stereocenters. The quantitative estimate of drug-likeness (QED) is 0.316. The summed E-state index contributed by atoms with van der Waals surface area (Å²) in [5.74, 6) is 1.10. The second kappa shape index (κ2) is 10.7. The zero-order valence-corrected chi connectivity index (χ0v) is 20.6. The molecule has 0 radical (unpaired) electrons. The van der Waals surface area contributed by atoms with Crippen LogP contribution in [0, 0.1) is 11.3 Å². The van der Waals surface area contributed by atoms with Gasteiger partial charge in [0.05, 0.1) is 40.7 Å². The number of nitrogens with one attached hydrogen (secondary N) is 2. The lowest BCUT2D eigenvalue weighted by molar-refractivity contribution is -0.114. The van der Waals surface area contributed by atoms with E-state index < -0.39 is 0 Å². The first-order chi connectivity index (χ1) is 18.0. The SMILES string of the molecule is CC(=O)Nc1cc2c(Nc3ccc(Oc4ccccn4)c(Cl)c3)c(C#N)cnc2cc1OC1CCOC1. The van der Waals surface area contributed by atoms with Crippen LogP contribution in [-0.2, 0) is 9.53 Å². The third kappa shape index (κ3) is 5.56. The Hall–Kier alpha value is -4.39. The van der Waals surface area contributed by atoms with Crippen LogP contribution < -0.4 is 20.1 Å². The van der Waals surface area contributed by atoms with Gasteiger partial charge in [0, 0.05) is 48.9 Å². The Bertz CT molecular complexity index is 1500. The summed E-state index contributed by atoms with van der Waals surface area (Å²) in [6, 6.07) is 16.2. The number of fused-ring (bicyclic) bond motifs is 1. The van der Waals surface area contributed by atoms with Crippen LogP contribution in [0.2, 0.25) is 5.02 Å². The topological polar surface area (TPSA) is 118 Å². The van der Waals surface area contributed by atoms with Crippen molar-refractivity contribution in [2.75, 3.05) is 23.8 Å². The van der Waals surface area contributed by atoms with Crippen LogP contribution in [0.25, 0.3) is 10.9 Å². The Kier molecular flexibility index (Phi) is 7.03. The lowest BCUT2D eigenvalue weighted by Gasteiger charge is -2.18. The molecule has 10 heteroatoms. The monoisotopic (exact) mass is 515 g/mol. The van der Waals surface area contributed by atoms with Crippen LogP contribution in [0.1, 0.15) is 18.9 Å². The van der Waals surface area contributed by atoms with Gasteiger partial charge in [0.15, 0.2) is 0 Å². The standard InChI is InChI=1S/C27H22ClN5O4/c1-16(34)32-23-11-20-22(12-25(23)36-19-7-9-35-15-19)31-14-17(13-29)27(20)33-18-5-6-24(21(28)10-18)37-26-4-2-3-8-30-26/h2-6,8,10-12,14,19H,7,9,15H2,1H3,(H,31,33)(H,32,34). The van der Waals surface area contributed by atoms with Gasteiger partial charge in [0.25, 0.3) is 0 Å². The number of aromatic nitrogens is 2. The van der Waals surface area contributed by atoms with E-state index in [1.54, 1.807) is 48.7 Å². The van der Waals surface area contributed by atoms with Gasteiger partial charge in [0.2, 0.25) is 11.8 Å². The number of nitriles is 1. The van der Waals surface area contributed by atoms with Gasteiger partial charge in [0.1, 0.15) is 23.7 Å². The molecule has 1 unspecified atom stereocenters. The van der Waals surface area contributed by atoms with E-state index in [-0.39, 0.29) is 12.0 Å². The maximum absolute atomic E-state index is 11.9. The Labute approximate surface area is 218 Å². The molecule has 0 aliphatic carbocycles. The van der Waals surface area contributed by atoms with Crippen molar-refractivity contribution >= 4 is 45.5 Å². The highest BCUT2D eigenvalue weighted by atomic mass is 35.5. The average Bonchev–Trinajstić information content (AvgIpc) is 3.40. The van der Waals surface area contributed by atoms with E-state index in [4.69, 9.17) is 25.8 Å². The summed E-state index contributed by atoms with van der Waals surface area (Å²) in [4.78, 5) is 20.5. The fourth-order valence-corrected chi connectivity index (χ4v) is 4.15. The molecule has 1 aliphatic rings. The second-order valence-electron chi connectivity index (χ2n) is 8.35. The van der Waals surface area contributed by atoms with Crippen molar-refractivity contribution in [1.82, 2.24) is 9.97 Å². The van der Waals surface area contributed by atoms with Crippen LogP contribution >= 0.6 is 11.6 Å². The fraction of sp³-hybridized carbons (Fsp3) is 0.185. The number of hydrogen-bond acceptors (Lipinski definition) is 8. The summed E-state index contributed by atoms with van der Waals surface area (Å²) in [6.45, 7) is 2.53. The minimum atomic E-state index is -0.249. The third-order valence-electron chi connectivity index (χ3n) is 5.64. The highest BCUT2D eigenvalue weighted by Gasteiger charge is 2.21. The summed E-state index contributed by atoms with van der Waals surface area (Å²) in [7, 11) is 0. The van der Waals surface area contributed by atoms with Crippen molar-refractivity contribution in [2.24, 2.45) is 0 Å². The smallest absolute Gasteiger partial charge is 0.221 e. The predicted molar refractivity (Wildman–Crippen MR) is 140 cm³/mol. The van der Waals surface area contributed by atoms with Crippen LogP contribution in [0.5, 0.6) is 17.4 Å². The third-order valence-corrected chi connectivity index (χ3v) is 5.93. The number of rotatable bonds is 7. The number of ether oxygens (including phenoxy) is 3. The Morgan fingerprint density at radius 1 is 1.19 bits per heavy atom. The molecule has 3 heterocycles. The second-order valence-corrected chi connectivity index (χ2v) is 8.76. The first-order valence-corrected chi connectivity index (χ1v) is 11.9. The van der Waals surface area contributed by atoms with E-state index in [0.29, 0.717) is 69.1 Å². The summed E-state index contributed by atoms with van der Waals surface area (Å²) >= 11 is 6.48. The first kappa shape index (κ1) is 24.3. The van der Waals surface area contributed by atoms with Gasteiger partial charge in [-0.1, -0.05) is 17.7 Å². The molecule has 0 bridgehead atoms. The molecule has 37 heavy (non-hydrogen) atoms. The van der Waals surface area contributed by atoms with Gasteiger partial charge in [-0.15, -0.1) is 0 Å². The molecule has 2 aromatic carbocycles. The van der Waals surface area contributed by atoms with Crippen LogP contribution in [0.15, 0.2) is 60.9 Å². The Balaban J connectivity index is 1.51. The van der Waals surface area contributed by atoms with Crippen molar-refractivity contribution < 1.29 is 19.0 Å². The van der Waals surface area contributed by atoms with Crippen molar-refractivity contribution in [1.29, 1.82) is 5.26 Å². The number of anilines is 3. The largest absolute Gasteiger partial charge is 0.486 e. The highest BCUT2D eigenvalue weighted by molar-refractivity contribution is 6.32. The molecule has 0 saturated carbocycles. The summed E-state index contributed by atoms with van der Waals surface area (Å²) in [6.07, 6.45) is 3.76. The Morgan fingerprint density at radius 2 is 2.08 bits per heavy atom. The van der Waals surface area contributed by atoms with E-state index >= 15 is 0 Å². The van der Waals surface area contributed by atoms with Crippen molar-refractivity contribution in [2.45, 2.75) is 19.4 Å². The normalized spacial score (nSPS) is 14.7. The van der Waals surface area contributed by atoms with Gasteiger partial charge < -0.3 is 24.8 Å². The van der Waals surface area contributed by atoms with Gasteiger partial charge >= 0.3 is 0 Å². The number of pyridine rings is 2. The molecule has 1 amide bonds. The molecule has 2 N–H and O–H groups in total. The molecule has 0 spiro atoms. The number of carbonyl (C=O) groups excluding carboxylic acids is 1. The minimum absolute atomic E-state index is 0.116. The van der Waals surface area contributed by atoms with Gasteiger partial charge in [-0.3, -0.25) is 9.78 Å². The summed E-state index contributed by atoms with van der Waals surface area (Å²) < 4.78 is 17.3. The molecule has 4 aromatic rings. The van der Waals surface area contributed by atoms with Gasteiger partial charge in [-0.25, -0.2) is 4.98 Å².